The van der Waals surface area contributed by atoms with Crippen LogP contribution in [0.5, 0.6) is 5.75 Å². The van der Waals surface area contributed by atoms with Crippen molar-refractivity contribution >= 4 is 17.3 Å². The summed E-state index contributed by atoms with van der Waals surface area (Å²) in [6.07, 6.45) is 0. The van der Waals surface area contributed by atoms with Gasteiger partial charge in [0.25, 0.3) is 0 Å². The van der Waals surface area contributed by atoms with Crippen LogP contribution in [0, 0.1) is 0 Å². The van der Waals surface area contributed by atoms with E-state index in [4.69, 9.17) is 16.3 Å². The molecule has 0 saturated carbocycles. The van der Waals surface area contributed by atoms with Gasteiger partial charge >= 0.3 is 0 Å². The molecule has 84 valence electrons. The minimum atomic E-state index is -0.761. The molecular formula is C11H16ClNO2. The van der Waals surface area contributed by atoms with Gasteiger partial charge in [-0.25, -0.2) is 0 Å². The summed E-state index contributed by atoms with van der Waals surface area (Å²) < 4.78 is 5.03. The van der Waals surface area contributed by atoms with E-state index < -0.39 is 5.60 Å². The monoisotopic (exact) mass is 229 g/mol. The number of anilines is 1. The number of ether oxygens (including phenoxy) is 1. The third-order valence-electron chi connectivity index (χ3n) is 1.89. The average Bonchev–Trinajstić information content (AvgIpc) is 2.14. The van der Waals surface area contributed by atoms with Crippen LogP contribution in [0.2, 0.25) is 5.02 Å². The summed E-state index contributed by atoms with van der Waals surface area (Å²) in [4.78, 5) is 0. The largest absolute Gasteiger partial charge is 0.497 e. The van der Waals surface area contributed by atoms with Crippen LogP contribution in [-0.2, 0) is 0 Å². The topological polar surface area (TPSA) is 41.5 Å². The van der Waals surface area contributed by atoms with Crippen LogP contribution in [0.1, 0.15) is 13.8 Å². The van der Waals surface area contributed by atoms with Gasteiger partial charge in [-0.1, -0.05) is 11.6 Å². The maximum atomic E-state index is 9.54. The van der Waals surface area contributed by atoms with Crippen LogP contribution < -0.4 is 10.1 Å². The van der Waals surface area contributed by atoms with E-state index in [0.717, 1.165) is 5.69 Å². The highest BCUT2D eigenvalue weighted by Crippen LogP contribution is 2.26. The fourth-order valence-electron chi connectivity index (χ4n) is 1.08. The van der Waals surface area contributed by atoms with E-state index in [-0.39, 0.29) is 0 Å². The Kier molecular flexibility index (Phi) is 3.83. The van der Waals surface area contributed by atoms with E-state index in [1.165, 1.54) is 0 Å². The SMILES string of the molecule is COc1ccc(NCC(C)(C)O)c(Cl)c1. The van der Waals surface area contributed by atoms with Gasteiger partial charge in [0.2, 0.25) is 0 Å². The van der Waals surface area contributed by atoms with Crippen molar-refractivity contribution in [1.29, 1.82) is 0 Å². The molecule has 0 aliphatic carbocycles. The van der Waals surface area contributed by atoms with Gasteiger partial charge in [0.05, 0.1) is 23.4 Å². The van der Waals surface area contributed by atoms with Gasteiger partial charge < -0.3 is 15.2 Å². The average molecular weight is 230 g/mol. The molecule has 0 amide bonds. The first-order chi connectivity index (χ1) is 6.92. The second-order valence-electron chi connectivity index (χ2n) is 4.01. The standard InChI is InChI=1S/C11H16ClNO2/c1-11(2,14)7-13-10-5-4-8(15-3)6-9(10)12/h4-6,13-14H,7H2,1-3H3. The molecule has 1 aromatic rings. The van der Waals surface area contributed by atoms with Crippen molar-refractivity contribution in [2.45, 2.75) is 19.4 Å². The molecule has 4 heteroatoms. The van der Waals surface area contributed by atoms with E-state index in [0.29, 0.717) is 17.3 Å². The van der Waals surface area contributed by atoms with E-state index in [9.17, 15) is 5.11 Å². The number of rotatable bonds is 4. The number of aliphatic hydroxyl groups is 1. The van der Waals surface area contributed by atoms with E-state index in [2.05, 4.69) is 5.32 Å². The first-order valence-corrected chi connectivity index (χ1v) is 5.10. The summed E-state index contributed by atoms with van der Waals surface area (Å²) >= 11 is 6.01. The molecule has 0 unspecified atom stereocenters. The number of hydrogen-bond acceptors (Lipinski definition) is 3. The molecule has 1 aromatic carbocycles. The van der Waals surface area contributed by atoms with Gasteiger partial charge in [-0.05, 0) is 26.0 Å². The fourth-order valence-corrected chi connectivity index (χ4v) is 1.32. The molecule has 0 bridgehead atoms. The highest BCUT2D eigenvalue weighted by atomic mass is 35.5. The molecule has 0 saturated heterocycles. The van der Waals surface area contributed by atoms with Gasteiger partial charge in [-0.2, -0.15) is 0 Å². The predicted molar refractivity (Wildman–Crippen MR) is 62.8 cm³/mol. The van der Waals surface area contributed by atoms with Crippen LogP contribution in [0.15, 0.2) is 18.2 Å². The number of halogens is 1. The Hall–Kier alpha value is -0.930. The number of methoxy groups -OCH3 is 1. The Bertz CT molecular complexity index is 334. The van der Waals surface area contributed by atoms with E-state index in [1.54, 1.807) is 27.0 Å². The first kappa shape index (κ1) is 12.1. The summed E-state index contributed by atoms with van der Waals surface area (Å²) in [5.74, 6) is 0.716. The van der Waals surface area contributed by atoms with Crippen LogP contribution in [-0.4, -0.2) is 24.4 Å². The second kappa shape index (κ2) is 4.73. The maximum absolute atomic E-state index is 9.54. The molecule has 0 radical (unpaired) electrons. The Balaban J connectivity index is 2.70. The molecule has 0 atom stereocenters. The lowest BCUT2D eigenvalue weighted by Crippen LogP contribution is -2.29. The number of nitrogens with one attached hydrogen (secondary N) is 1. The van der Waals surface area contributed by atoms with Gasteiger partial charge in [-0.3, -0.25) is 0 Å². The lowest BCUT2D eigenvalue weighted by Gasteiger charge is -2.19. The molecule has 1 rings (SSSR count). The molecule has 0 aliphatic rings. The quantitative estimate of drug-likeness (QED) is 0.834. The molecule has 0 heterocycles. The van der Waals surface area contributed by atoms with Crippen LogP contribution in [0.4, 0.5) is 5.69 Å². The molecule has 0 aromatic heterocycles. The highest BCUT2D eigenvalue weighted by molar-refractivity contribution is 6.33. The molecule has 2 N–H and O–H groups in total. The Morgan fingerprint density at radius 1 is 1.47 bits per heavy atom. The number of benzene rings is 1. The lowest BCUT2D eigenvalue weighted by molar-refractivity contribution is 0.0945. The van der Waals surface area contributed by atoms with Crippen molar-refractivity contribution < 1.29 is 9.84 Å². The third kappa shape index (κ3) is 3.98. The zero-order chi connectivity index (χ0) is 11.5. The van der Waals surface area contributed by atoms with Crippen molar-refractivity contribution in [3.63, 3.8) is 0 Å². The Morgan fingerprint density at radius 2 is 2.13 bits per heavy atom. The fraction of sp³-hybridized carbons (Fsp3) is 0.455. The Morgan fingerprint density at radius 3 is 2.60 bits per heavy atom. The van der Waals surface area contributed by atoms with Crippen molar-refractivity contribution in [3.8, 4) is 5.75 Å². The van der Waals surface area contributed by atoms with Gasteiger partial charge in [0.1, 0.15) is 5.75 Å². The Labute approximate surface area is 95.0 Å². The summed E-state index contributed by atoms with van der Waals surface area (Å²) in [5, 5.41) is 13.2. The smallest absolute Gasteiger partial charge is 0.120 e. The molecule has 0 aliphatic heterocycles. The van der Waals surface area contributed by atoms with Crippen molar-refractivity contribution in [3.05, 3.63) is 23.2 Å². The van der Waals surface area contributed by atoms with Crippen molar-refractivity contribution in [1.82, 2.24) is 0 Å². The lowest BCUT2D eigenvalue weighted by atomic mass is 10.1. The van der Waals surface area contributed by atoms with Crippen LogP contribution >= 0.6 is 11.6 Å². The highest BCUT2D eigenvalue weighted by Gasteiger charge is 2.12. The molecule has 15 heavy (non-hydrogen) atoms. The molecule has 3 nitrogen and oxygen atoms in total. The van der Waals surface area contributed by atoms with Crippen LogP contribution in [0.25, 0.3) is 0 Å². The number of hydrogen-bond donors (Lipinski definition) is 2. The summed E-state index contributed by atoms with van der Waals surface area (Å²) in [5.41, 5.74) is 0.0306. The minimum Gasteiger partial charge on any atom is -0.497 e. The van der Waals surface area contributed by atoms with Crippen LogP contribution in [0.3, 0.4) is 0 Å². The maximum Gasteiger partial charge on any atom is 0.120 e. The van der Waals surface area contributed by atoms with Gasteiger partial charge in [0.15, 0.2) is 0 Å². The first-order valence-electron chi connectivity index (χ1n) is 4.72. The third-order valence-corrected chi connectivity index (χ3v) is 2.20. The van der Waals surface area contributed by atoms with E-state index >= 15 is 0 Å². The minimum absolute atomic E-state index is 0.444. The predicted octanol–water partition coefficient (Wildman–Crippen LogP) is 2.53. The van der Waals surface area contributed by atoms with Crippen molar-refractivity contribution in [2.24, 2.45) is 0 Å². The zero-order valence-electron chi connectivity index (χ0n) is 9.17. The van der Waals surface area contributed by atoms with Gasteiger partial charge in [-0.15, -0.1) is 0 Å². The molecule has 0 fully saturated rings. The molecule has 0 spiro atoms. The molecular weight excluding hydrogens is 214 g/mol. The van der Waals surface area contributed by atoms with Gasteiger partial charge in [0, 0.05) is 12.6 Å². The summed E-state index contributed by atoms with van der Waals surface area (Å²) in [7, 11) is 1.59. The summed E-state index contributed by atoms with van der Waals surface area (Å²) in [6.45, 7) is 3.91. The van der Waals surface area contributed by atoms with Crippen molar-refractivity contribution in [2.75, 3.05) is 19.0 Å². The normalized spacial score (nSPS) is 11.3. The summed E-state index contributed by atoms with van der Waals surface area (Å²) in [6, 6.07) is 5.37. The zero-order valence-corrected chi connectivity index (χ0v) is 9.93. The van der Waals surface area contributed by atoms with E-state index in [1.807, 2.05) is 12.1 Å². The second-order valence-corrected chi connectivity index (χ2v) is 4.42.